The fraction of sp³-hybridized carbons (Fsp3) is 0.368. The summed E-state index contributed by atoms with van der Waals surface area (Å²) in [5.74, 6) is 0.537. The zero-order valence-electron chi connectivity index (χ0n) is 16.1. The van der Waals surface area contributed by atoms with Crippen LogP contribution in [0.25, 0.3) is 0 Å². The molecule has 0 radical (unpaired) electrons. The average molecular weight is 509 g/mol. The van der Waals surface area contributed by atoms with Crippen LogP contribution in [-0.2, 0) is 11.2 Å². The van der Waals surface area contributed by atoms with Crippen LogP contribution in [0.4, 0.5) is 23.1 Å². The molecule has 0 fully saturated rings. The number of nitrogens with one attached hydrogen (secondary N) is 1. The lowest BCUT2D eigenvalue weighted by Gasteiger charge is -2.40. The van der Waals surface area contributed by atoms with E-state index in [0.29, 0.717) is 47.5 Å². The zero-order valence-corrected chi connectivity index (χ0v) is 18.3. The average Bonchev–Trinajstić information content (AvgIpc) is 3.16. The van der Waals surface area contributed by atoms with Crippen LogP contribution in [0.2, 0.25) is 0 Å². The van der Waals surface area contributed by atoms with E-state index in [0.717, 1.165) is 0 Å². The molecule has 0 spiro atoms. The van der Waals surface area contributed by atoms with Crippen LogP contribution in [0.1, 0.15) is 29.8 Å². The fourth-order valence-electron chi connectivity index (χ4n) is 3.58. The second-order valence-corrected chi connectivity index (χ2v) is 8.31. The van der Waals surface area contributed by atoms with E-state index >= 15 is 0 Å². The Kier molecular flexibility index (Phi) is 4.97. The Balaban J connectivity index is 1.73. The third kappa shape index (κ3) is 3.24. The molecule has 2 aliphatic heterocycles. The Labute approximate surface area is 181 Å². The summed E-state index contributed by atoms with van der Waals surface area (Å²) in [6.45, 7) is 4.45. The first-order valence-electron chi connectivity index (χ1n) is 9.15. The predicted molar refractivity (Wildman–Crippen MR) is 117 cm³/mol. The number of amides is 1. The van der Waals surface area contributed by atoms with E-state index in [1.54, 1.807) is 30.3 Å². The van der Waals surface area contributed by atoms with Gasteiger partial charge in [-0.15, -0.1) is 0 Å². The van der Waals surface area contributed by atoms with Gasteiger partial charge in [-0.05, 0) is 48.6 Å². The largest absolute Gasteiger partial charge is 0.491 e. The number of fused-ring (bicyclic) bond motifs is 2. The summed E-state index contributed by atoms with van der Waals surface area (Å²) < 4.78 is 5.30. The second-order valence-electron chi connectivity index (χ2n) is 7.13. The van der Waals surface area contributed by atoms with Gasteiger partial charge in [0.2, 0.25) is 5.95 Å². The van der Waals surface area contributed by atoms with Crippen molar-refractivity contribution in [3.63, 3.8) is 0 Å². The highest BCUT2D eigenvalue weighted by Gasteiger charge is 2.37. The number of carboxylic acids is 1. The topological polar surface area (TPSA) is 108 Å². The number of likely N-dealkylation sites (N-methyl/N-ethyl adjacent to an activating group) is 1. The van der Waals surface area contributed by atoms with Crippen molar-refractivity contribution in [2.75, 3.05) is 28.8 Å². The van der Waals surface area contributed by atoms with Crippen LogP contribution < -0.4 is 19.9 Å². The van der Waals surface area contributed by atoms with E-state index < -0.39 is 5.97 Å². The molecule has 0 aliphatic carbocycles. The van der Waals surface area contributed by atoms with Crippen molar-refractivity contribution in [3.05, 3.63) is 29.5 Å². The standard InChI is InChI=1S/C19H20IN5O4/c1-9(2)25-15(20)17(26)24(3)13-8-21-19(23-16(13)25)22-12-5-4-11(18(27)28)10-6-7-29-14(10)12/h4-5,8-9,15H,6-7H2,1-3H3,(H,27,28)(H,21,22,23)/t15-/m1/s1. The molecule has 1 aromatic carbocycles. The number of carbonyl (C=O) groups excluding carboxylic acids is 1. The lowest BCUT2D eigenvalue weighted by atomic mass is 10.0. The number of aromatic nitrogens is 2. The van der Waals surface area contributed by atoms with Gasteiger partial charge in [0, 0.05) is 25.1 Å². The van der Waals surface area contributed by atoms with Crippen molar-refractivity contribution in [2.24, 2.45) is 0 Å². The van der Waals surface area contributed by atoms with Gasteiger partial charge in [0.25, 0.3) is 5.91 Å². The number of anilines is 4. The van der Waals surface area contributed by atoms with Crippen LogP contribution in [-0.4, -0.2) is 50.7 Å². The molecule has 0 saturated carbocycles. The van der Waals surface area contributed by atoms with Crippen molar-refractivity contribution in [3.8, 4) is 5.75 Å². The molecule has 10 heteroatoms. The minimum absolute atomic E-state index is 0.0217. The lowest BCUT2D eigenvalue weighted by Crippen LogP contribution is -2.52. The van der Waals surface area contributed by atoms with Gasteiger partial charge < -0.3 is 25.0 Å². The summed E-state index contributed by atoms with van der Waals surface area (Å²) in [4.78, 5) is 36.5. The monoisotopic (exact) mass is 509 g/mol. The molecular formula is C19H20IN5O4. The number of benzene rings is 1. The third-order valence-electron chi connectivity index (χ3n) is 5.03. The second kappa shape index (κ2) is 7.32. The molecule has 1 atom stereocenters. The first-order chi connectivity index (χ1) is 13.8. The number of ether oxygens (including phenoxy) is 1. The fourth-order valence-corrected chi connectivity index (χ4v) is 4.90. The van der Waals surface area contributed by atoms with Crippen molar-refractivity contribution in [2.45, 2.75) is 30.4 Å². The molecule has 29 heavy (non-hydrogen) atoms. The Bertz CT molecular complexity index is 1010. The third-order valence-corrected chi connectivity index (χ3v) is 6.16. The molecule has 0 saturated heterocycles. The molecular weight excluding hydrogens is 489 g/mol. The summed E-state index contributed by atoms with van der Waals surface area (Å²) in [6.07, 6.45) is 2.16. The molecule has 1 amide bonds. The SMILES string of the molecule is CC(C)N1c2nc(Nc3ccc(C(=O)O)c4c3OCC4)ncc2N(C)C(=O)[C@@H]1I. The number of nitrogens with zero attached hydrogens (tertiary/aromatic N) is 4. The van der Waals surface area contributed by atoms with Crippen LogP contribution in [0.3, 0.4) is 0 Å². The molecule has 9 nitrogen and oxygen atoms in total. The van der Waals surface area contributed by atoms with Gasteiger partial charge in [0.1, 0.15) is 11.4 Å². The minimum Gasteiger partial charge on any atom is -0.491 e. The number of alkyl halides is 1. The van der Waals surface area contributed by atoms with E-state index in [1.807, 2.05) is 18.7 Å². The number of aromatic carboxylic acids is 1. The summed E-state index contributed by atoms with van der Waals surface area (Å²) >= 11 is 2.12. The Morgan fingerprint density at radius 1 is 1.41 bits per heavy atom. The highest BCUT2D eigenvalue weighted by molar-refractivity contribution is 14.1. The van der Waals surface area contributed by atoms with Crippen LogP contribution >= 0.6 is 22.6 Å². The van der Waals surface area contributed by atoms with Crippen LogP contribution in [0, 0.1) is 0 Å². The summed E-state index contributed by atoms with van der Waals surface area (Å²) in [6, 6.07) is 3.29. The van der Waals surface area contributed by atoms with Gasteiger partial charge >= 0.3 is 5.97 Å². The molecule has 1 aromatic heterocycles. The highest BCUT2D eigenvalue weighted by Crippen LogP contribution is 2.40. The zero-order chi connectivity index (χ0) is 20.9. The van der Waals surface area contributed by atoms with Gasteiger partial charge in [0.15, 0.2) is 9.87 Å². The van der Waals surface area contributed by atoms with Gasteiger partial charge in [-0.25, -0.2) is 9.78 Å². The highest BCUT2D eigenvalue weighted by atomic mass is 127. The first kappa shape index (κ1) is 19.7. The Hall–Kier alpha value is -2.63. The van der Waals surface area contributed by atoms with Gasteiger partial charge in [-0.3, -0.25) is 4.79 Å². The molecule has 2 aliphatic rings. The van der Waals surface area contributed by atoms with Gasteiger partial charge in [-0.2, -0.15) is 4.98 Å². The Morgan fingerprint density at radius 3 is 2.86 bits per heavy atom. The van der Waals surface area contributed by atoms with Gasteiger partial charge in [0.05, 0.1) is 24.1 Å². The molecule has 4 rings (SSSR count). The molecule has 152 valence electrons. The van der Waals surface area contributed by atoms with Crippen molar-refractivity contribution >= 4 is 57.6 Å². The Morgan fingerprint density at radius 2 is 2.17 bits per heavy atom. The number of rotatable bonds is 4. The maximum atomic E-state index is 12.5. The molecule has 3 heterocycles. The minimum atomic E-state index is -0.975. The van der Waals surface area contributed by atoms with E-state index in [1.165, 1.54) is 0 Å². The predicted octanol–water partition coefficient (Wildman–Crippen LogP) is 2.81. The molecule has 0 bridgehead atoms. The molecule has 2 N–H and O–H groups in total. The van der Waals surface area contributed by atoms with E-state index in [9.17, 15) is 14.7 Å². The first-order valence-corrected chi connectivity index (χ1v) is 10.4. The number of hydrogen-bond acceptors (Lipinski definition) is 7. The van der Waals surface area contributed by atoms with E-state index in [4.69, 9.17) is 4.74 Å². The van der Waals surface area contributed by atoms with E-state index in [-0.39, 0.29) is 21.6 Å². The van der Waals surface area contributed by atoms with Crippen molar-refractivity contribution in [1.82, 2.24) is 9.97 Å². The quantitative estimate of drug-likeness (QED) is 0.368. The van der Waals surface area contributed by atoms with E-state index in [2.05, 4.69) is 37.9 Å². The number of carboxylic acid groups (broad SMARTS) is 1. The lowest BCUT2D eigenvalue weighted by molar-refractivity contribution is -0.117. The molecule has 2 aromatic rings. The van der Waals surface area contributed by atoms with Crippen molar-refractivity contribution < 1.29 is 19.4 Å². The maximum absolute atomic E-state index is 12.5. The van der Waals surface area contributed by atoms with Gasteiger partial charge in [-0.1, -0.05) is 0 Å². The smallest absolute Gasteiger partial charge is 0.336 e. The molecule has 0 unspecified atom stereocenters. The number of halogens is 1. The van der Waals surface area contributed by atoms with Crippen LogP contribution in [0.5, 0.6) is 5.75 Å². The summed E-state index contributed by atoms with van der Waals surface area (Å²) in [5, 5.41) is 12.5. The van der Waals surface area contributed by atoms with Crippen molar-refractivity contribution in [1.29, 1.82) is 0 Å². The summed E-state index contributed by atoms with van der Waals surface area (Å²) in [7, 11) is 1.71. The maximum Gasteiger partial charge on any atom is 0.336 e. The number of carbonyl (C=O) groups is 2. The normalized spacial score (nSPS) is 17.8. The van der Waals surface area contributed by atoms with Crippen LogP contribution in [0.15, 0.2) is 18.3 Å². The number of hydrogen-bond donors (Lipinski definition) is 2. The summed E-state index contributed by atoms with van der Waals surface area (Å²) in [5.41, 5.74) is 2.17.